The Hall–Kier alpha value is -1.91. The van der Waals surface area contributed by atoms with Gasteiger partial charge in [0.1, 0.15) is 22.5 Å². The molecule has 1 aromatic carbocycles. The molecule has 1 heterocycles. The number of nitriles is 1. The first kappa shape index (κ1) is 17.4. The highest BCUT2D eigenvalue weighted by atomic mass is 79.9. The van der Waals surface area contributed by atoms with Crippen LogP contribution < -0.4 is 5.32 Å². The lowest BCUT2D eigenvalue weighted by Crippen LogP contribution is -2.15. The van der Waals surface area contributed by atoms with Gasteiger partial charge in [-0.1, -0.05) is 17.8 Å². The molecule has 1 amide bonds. The van der Waals surface area contributed by atoms with Crippen LogP contribution in [0, 0.1) is 32.1 Å². The molecule has 0 unspecified atom stereocenters. The van der Waals surface area contributed by atoms with Crippen LogP contribution in [0.4, 0.5) is 5.69 Å². The molecule has 0 aliphatic carbocycles. The van der Waals surface area contributed by atoms with Gasteiger partial charge in [0.15, 0.2) is 0 Å². The molecule has 0 aliphatic heterocycles. The lowest BCUT2D eigenvalue weighted by molar-refractivity contribution is -0.113. The summed E-state index contributed by atoms with van der Waals surface area (Å²) < 4.78 is 0.835. The molecule has 0 atom stereocenters. The molecule has 23 heavy (non-hydrogen) atoms. The van der Waals surface area contributed by atoms with Crippen LogP contribution in [0.25, 0.3) is 0 Å². The Morgan fingerprint density at radius 1 is 1.35 bits per heavy atom. The van der Waals surface area contributed by atoms with E-state index in [-0.39, 0.29) is 11.7 Å². The largest absolute Gasteiger partial charge is 0.324 e. The number of rotatable bonds is 4. The van der Waals surface area contributed by atoms with Gasteiger partial charge in [-0.15, -0.1) is 0 Å². The van der Waals surface area contributed by atoms with E-state index in [0.717, 1.165) is 15.7 Å². The first-order valence-electron chi connectivity index (χ1n) is 6.85. The number of aromatic nitrogens is 2. The second kappa shape index (κ2) is 7.57. The summed E-state index contributed by atoms with van der Waals surface area (Å²) in [6, 6.07) is 7.81. The van der Waals surface area contributed by atoms with Crippen molar-refractivity contribution in [1.29, 1.82) is 5.26 Å². The molecular formula is C16H15BrN4OS. The molecule has 0 aliphatic rings. The Morgan fingerprint density at radius 2 is 2.09 bits per heavy atom. The molecule has 118 valence electrons. The zero-order chi connectivity index (χ0) is 17.0. The Labute approximate surface area is 147 Å². The smallest absolute Gasteiger partial charge is 0.234 e. The first-order chi connectivity index (χ1) is 10.9. The third-order valence-corrected chi connectivity index (χ3v) is 4.65. The molecule has 2 aromatic rings. The fraction of sp³-hybridized carbons (Fsp3) is 0.250. The first-order valence-corrected chi connectivity index (χ1v) is 8.62. The van der Waals surface area contributed by atoms with Crippen LogP contribution in [0.5, 0.6) is 0 Å². The van der Waals surface area contributed by atoms with Gasteiger partial charge in [-0.2, -0.15) is 5.26 Å². The third kappa shape index (κ3) is 4.53. The maximum absolute atomic E-state index is 12.1. The summed E-state index contributed by atoms with van der Waals surface area (Å²) in [4.78, 5) is 20.5. The SMILES string of the molecule is Cc1ccc(NC(=O)CSc2nc(C)nc(C)c2C#N)c(Br)c1. The zero-order valence-electron chi connectivity index (χ0n) is 13.0. The van der Waals surface area contributed by atoms with Crippen molar-refractivity contribution in [2.24, 2.45) is 0 Å². The molecule has 0 bridgehead atoms. The van der Waals surface area contributed by atoms with E-state index in [9.17, 15) is 10.1 Å². The number of benzene rings is 1. The molecule has 7 heteroatoms. The molecule has 0 saturated heterocycles. The second-order valence-electron chi connectivity index (χ2n) is 4.97. The quantitative estimate of drug-likeness (QED) is 0.634. The number of carbonyl (C=O) groups excluding carboxylic acids is 1. The van der Waals surface area contributed by atoms with E-state index in [2.05, 4.69) is 37.3 Å². The predicted molar refractivity (Wildman–Crippen MR) is 94.5 cm³/mol. The number of halogens is 1. The van der Waals surface area contributed by atoms with Gasteiger partial charge in [0.05, 0.1) is 17.1 Å². The molecule has 5 nitrogen and oxygen atoms in total. The van der Waals surface area contributed by atoms with E-state index >= 15 is 0 Å². The van der Waals surface area contributed by atoms with Gasteiger partial charge in [0.2, 0.25) is 5.91 Å². The number of nitrogens with zero attached hydrogens (tertiary/aromatic N) is 3. The second-order valence-corrected chi connectivity index (χ2v) is 6.79. The summed E-state index contributed by atoms with van der Waals surface area (Å²) in [5.41, 5.74) is 2.88. The van der Waals surface area contributed by atoms with Crippen molar-refractivity contribution in [2.75, 3.05) is 11.1 Å². The molecule has 0 radical (unpaired) electrons. The highest BCUT2D eigenvalue weighted by Gasteiger charge is 2.13. The van der Waals surface area contributed by atoms with Crippen molar-refractivity contribution in [1.82, 2.24) is 9.97 Å². The molecule has 1 N–H and O–H groups in total. The maximum atomic E-state index is 12.1. The summed E-state index contributed by atoms with van der Waals surface area (Å²) in [5, 5.41) is 12.6. The Morgan fingerprint density at radius 3 is 2.74 bits per heavy atom. The number of thioether (sulfide) groups is 1. The minimum atomic E-state index is -0.155. The van der Waals surface area contributed by atoms with Gasteiger partial charge in [-0.25, -0.2) is 9.97 Å². The number of nitrogens with one attached hydrogen (secondary N) is 1. The van der Waals surface area contributed by atoms with Crippen molar-refractivity contribution in [2.45, 2.75) is 25.8 Å². The number of anilines is 1. The number of hydrogen-bond acceptors (Lipinski definition) is 5. The number of aryl methyl sites for hydroxylation is 3. The van der Waals surface area contributed by atoms with Crippen molar-refractivity contribution in [3.8, 4) is 6.07 Å². The van der Waals surface area contributed by atoms with Crippen LogP contribution in [-0.2, 0) is 4.79 Å². The van der Waals surface area contributed by atoms with Gasteiger partial charge >= 0.3 is 0 Å². The highest BCUT2D eigenvalue weighted by Crippen LogP contribution is 2.25. The topological polar surface area (TPSA) is 78.7 Å². The van der Waals surface area contributed by atoms with Crippen LogP contribution in [-0.4, -0.2) is 21.6 Å². The van der Waals surface area contributed by atoms with Gasteiger partial charge in [-0.3, -0.25) is 4.79 Å². The fourth-order valence-electron chi connectivity index (χ4n) is 1.96. The van der Waals surface area contributed by atoms with E-state index in [1.54, 1.807) is 13.8 Å². The third-order valence-electron chi connectivity index (χ3n) is 3.02. The van der Waals surface area contributed by atoms with Crippen LogP contribution in [0.2, 0.25) is 0 Å². The Balaban J connectivity index is 2.07. The molecule has 0 spiro atoms. The van der Waals surface area contributed by atoms with Crippen molar-refractivity contribution in [3.63, 3.8) is 0 Å². The van der Waals surface area contributed by atoms with Crippen LogP contribution in [0.1, 0.15) is 22.6 Å². The lowest BCUT2D eigenvalue weighted by atomic mass is 10.2. The number of hydrogen-bond donors (Lipinski definition) is 1. The minimum Gasteiger partial charge on any atom is -0.324 e. The summed E-state index contributed by atoms with van der Waals surface area (Å²) in [5.74, 6) is 0.605. The van der Waals surface area contributed by atoms with Crippen molar-refractivity contribution < 1.29 is 4.79 Å². The molecule has 1 aromatic heterocycles. The minimum absolute atomic E-state index is 0.155. The van der Waals surface area contributed by atoms with Gasteiger partial charge < -0.3 is 5.32 Å². The molecular weight excluding hydrogens is 376 g/mol. The Bertz CT molecular complexity index is 801. The van der Waals surface area contributed by atoms with Crippen LogP contribution >= 0.6 is 27.7 Å². The molecule has 2 rings (SSSR count). The lowest BCUT2D eigenvalue weighted by Gasteiger charge is -2.09. The van der Waals surface area contributed by atoms with E-state index in [1.807, 2.05) is 25.1 Å². The predicted octanol–water partition coefficient (Wildman–Crippen LogP) is 3.77. The maximum Gasteiger partial charge on any atom is 0.234 e. The zero-order valence-corrected chi connectivity index (χ0v) is 15.4. The van der Waals surface area contributed by atoms with Gasteiger partial charge in [0.25, 0.3) is 0 Å². The number of carbonyl (C=O) groups is 1. The molecule has 0 saturated carbocycles. The summed E-state index contributed by atoms with van der Waals surface area (Å²) in [7, 11) is 0. The summed E-state index contributed by atoms with van der Waals surface area (Å²) >= 11 is 4.66. The molecule has 0 fully saturated rings. The van der Waals surface area contributed by atoms with Crippen molar-refractivity contribution >= 4 is 39.3 Å². The average molecular weight is 391 g/mol. The van der Waals surface area contributed by atoms with E-state index in [0.29, 0.717) is 22.1 Å². The van der Waals surface area contributed by atoms with E-state index in [4.69, 9.17) is 0 Å². The van der Waals surface area contributed by atoms with Crippen LogP contribution in [0.3, 0.4) is 0 Å². The number of amides is 1. The van der Waals surface area contributed by atoms with Crippen LogP contribution in [0.15, 0.2) is 27.7 Å². The average Bonchev–Trinajstić information content (AvgIpc) is 2.47. The van der Waals surface area contributed by atoms with Gasteiger partial charge in [-0.05, 0) is 54.4 Å². The highest BCUT2D eigenvalue weighted by molar-refractivity contribution is 9.10. The fourth-order valence-corrected chi connectivity index (χ4v) is 3.42. The monoisotopic (exact) mass is 390 g/mol. The Kier molecular flexibility index (Phi) is 5.74. The normalized spacial score (nSPS) is 10.2. The van der Waals surface area contributed by atoms with Gasteiger partial charge in [0, 0.05) is 4.47 Å². The summed E-state index contributed by atoms with van der Waals surface area (Å²) in [6.45, 7) is 5.51. The standard InChI is InChI=1S/C16H15BrN4OS/c1-9-4-5-14(13(17)6-9)21-15(22)8-23-16-12(7-18)10(2)19-11(3)20-16/h4-6H,8H2,1-3H3,(H,21,22). The van der Waals surface area contributed by atoms with Crippen molar-refractivity contribution in [3.05, 3.63) is 45.3 Å². The summed E-state index contributed by atoms with van der Waals surface area (Å²) in [6.07, 6.45) is 0. The van der Waals surface area contributed by atoms with E-state index < -0.39 is 0 Å². The van der Waals surface area contributed by atoms with E-state index in [1.165, 1.54) is 11.8 Å².